The second kappa shape index (κ2) is 10.4. The molecule has 1 amide bonds. The van der Waals surface area contributed by atoms with Crippen LogP contribution in [-0.4, -0.2) is 26.4 Å². The van der Waals surface area contributed by atoms with Crippen molar-refractivity contribution >= 4 is 39.5 Å². The van der Waals surface area contributed by atoms with Crippen LogP contribution in [0.2, 0.25) is 0 Å². The summed E-state index contributed by atoms with van der Waals surface area (Å²) < 4.78 is 27.5. The van der Waals surface area contributed by atoms with Gasteiger partial charge in [0.2, 0.25) is 0 Å². The van der Waals surface area contributed by atoms with Gasteiger partial charge in [-0.25, -0.2) is 8.42 Å². The lowest BCUT2D eigenvalue weighted by Crippen LogP contribution is -2.26. The number of pyridine rings is 1. The van der Waals surface area contributed by atoms with Crippen LogP contribution in [-0.2, 0) is 10.0 Å². The van der Waals surface area contributed by atoms with Gasteiger partial charge in [0, 0.05) is 24.5 Å². The molecule has 35 heavy (non-hydrogen) atoms. The maximum absolute atomic E-state index is 13.2. The highest BCUT2D eigenvalue weighted by Gasteiger charge is 2.22. The minimum absolute atomic E-state index is 0.0419. The van der Waals surface area contributed by atoms with Crippen LogP contribution in [0.1, 0.15) is 27.2 Å². The zero-order valence-electron chi connectivity index (χ0n) is 19.4. The lowest BCUT2D eigenvalue weighted by Gasteiger charge is -2.20. The van der Waals surface area contributed by atoms with Crippen molar-refractivity contribution in [1.82, 2.24) is 4.98 Å². The molecule has 1 aromatic heterocycles. The third-order valence-corrected chi connectivity index (χ3v) is 7.21. The molecule has 0 aliphatic heterocycles. The summed E-state index contributed by atoms with van der Waals surface area (Å²) >= 11 is 0. The van der Waals surface area contributed by atoms with E-state index in [0.717, 1.165) is 16.8 Å². The second-order valence-electron chi connectivity index (χ2n) is 8.00. The van der Waals surface area contributed by atoms with Gasteiger partial charge in [0.1, 0.15) is 0 Å². The Hall–Kier alpha value is -4.23. The molecule has 0 fully saturated rings. The summed E-state index contributed by atoms with van der Waals surface area (Å²) in [5.41, 5.74) is 4.15. The average molecular weight is 484 g/mol. The quantitative estimate of drug-likeness (QED) is 0.369. The summed E-state index contributed by atoms with van der Waals surface area (Å²) in [5, 5.41) is 2.85. The third kappa shape index (κ3) is 5.83. The number of carbonyl (C=O) groups is 1. The van der Waals surface area contributed by atoms with E-state index in [-0.39, 0.29) is 10.5 Å². The minimum atomic E-state index is -3.84. The standard InChI is InChI=1S/C28H25N3O3S/c1-21-12-16-26(17-13-21)31(2)35(33,34)27-11-6-8-23(20-27)28(32)30-25-10-5-7-22(19-25)14-15-24-9-3-4-18-29-24/h3-20H,1-2H3,(H,30,32)/b15-14+. The maximum atomic E-state index is 13.2. The zero-order valence-corrected chi connectivity index (χ0v) is 20.2. The first-order chi connectivity index (χ1) is 16.8. The van der Waals surface area contributed by atoms with Crippen LogP contribution < -0.4 is 9.62 Å². The smallest absolute Gasteiger partial charge is 0.264 e. The summed E-state index contributed by atoms with van der Waals surface area (Å²) in [6, 6.07) is 26.3. The van der Waals surface area contributed by atoms with Crippen molar-refractivity contribution in [2.45, 2.75) is 11.8 Å². The SMILES string of the molecule is Cc1ccc(N(C)S(=O)(=O)c2cccc(C(=O)Nc3cccc(/C=C/c4ccccn4)c3)c2)cc1. The van der Waals surface area contributed by atoms with Crippen LogP contribution in [0.15, 0.2) is 102 Å². The fraction of sp³-hybridized carbons (Fsp3) is 0.0714. The first-order valence-electron chi connectivity index (χ1n) is 11.0. The van der Waals surface area contributed by atoms with E-state index in [1.165, 1.54) is 23.5 Å². The highest BCUT2D eigenvalue weighted by Crippen LogP contribution is 2.23. The van der Waals surface area contributed by atoms with Crippen LogP contribution in [0.3, 0.4) is 0 Å². The van der Waals surface area contributed by atoms with Crippen LogP contribution in [0, 0.1) is 6.92 Å². The third-order valence-electron chi connectivity index (χ3n) is 5.43. The summed E-state index contributed by atoms with van der Waals surface area (Å²) in [7, 11) is -2.34. The first-order valence-corrected chi connectivity index (χ1v) is 12.4. The molecular weight excluding hydrogens is 458 g/mol. The minimum Gasteiger partial charge on any atom is -0.322 e. The molecular formula is C28H25N3O3S. The molecule has 4 rings (SSSR count). The van der Waals surface area contributed by atoms with E-state index in [4.69, 9.17) is 0 Å². The van der Waals surface area contributed by atoms with Gasteiger partial charge in [-0.15, -0.1) is 0 Å². The van der Waals surface area contributed by atoms with E-state index in [0.29, 0.717) is 11.4 Å². The first kappa shape index (κ1) is 23.9. The lowest BCUT2D eigenvalue weighted by molar-refractivity contribution is 0.102. The number of rotatable bonds is 7. The van der Waals surface area contributed by atoms with Crippen molar-refractivity contribution in [3.8, 4) is 0 Å². The van der Waals surface area contributed by atoms with Crippen LogP contribution in [0.4, 0.5) is 11.4 Å². The predicted octanol–water partition coefficient (Wildman–Crippen LogP) is 5.64. The average Bonchev–Trinajstić information content (AvgIpc) is 2.88. The Balaban J connectivity index is 1.51. The number of hydrogen-bond acceptors (Lipinski definition) is 4. The van der Waals surface area contributed by atoms with Crippen molar-refractivity contribution in [3.63, 3.8) is 0 Å². The molecule has 6 nitrogen and oxygen atoms in total. The number of hydrogen-bond donors (Lipinski definition) is 1. The molecule has 176 valence electrons. The van der Waals surface area contributed by atoms with E-state index in [2.05, 4.69) is 10.3 Å². The zero-order chi connectivity index (χ0) is 24.8. The van der Waals surface area contributed by atoms with Gasteiger partial charge >= 0.3 is 0 Å². The second-order valence-corrected chi connectivity index (χ2v) is 9.97. The molecule has 4 aromatic rings. The van der Waals surface area contributed by atoms with Gasteiger partial charge in [-0.05, 0) is 73.2 Å². The Morgan fingerprint density at radius 2 is 1.66 bits per heavy atom. The Morgan fingerprint density at radius 3 is 2.40 bits per heavy atom. The molecule has 7 heteroatoms. The van der Waals surface area contributed by atoms with Gasteiger partial charge in [-0.1, -0.05) is 48.0 Å². The number of carbonyl (C=O) groups excluding carboxylic acids is 1. The molecule has 0 atom stereocenters. The molecule has 0 unspecified atom stereocenters. The molecule has 3 aromatic carbocycles. The van der Waals surface area contributed by atoms with E-state index < -0.39 is 15.9 Å². The molecule has 0 saturated heterocycles. The van der Waals surface area contributed by atoms with Crippen molar-refractivity contribution < 1.29 is 13.2 Å². The highest BCUT2D eigenvalue weighted by atomic mass is 32.2. The Bertz CT molecular complexity index is 1470. The van der Waals surface area contributed by atoms with E-state index in [9.17, 15) is 13.2 Å². The fourth-order valence-corrected chi connectivity index (χ4v) is 4.67. The molecule has 0 aliphatic carbocycles. The molecule has 1 heterocycles. The van der Waals surface area contributed by atoms with Gasteiger partial charge in [-0.2, -0.15) is 0 Å². The monoisotopic (exact) mass is 483 g/mol. The molecule has 0 saturated carbocycles. The Morgan fingerprint density at radius 1 is 0.886 bits per heavy atom. The Kier molecular flexibility index (Phi) is 7.08. The highest BCUT2D eigenvalue weighted by molar-refractivity contribution is 7.92. The normalized spacial score (nSPS) is 11.4. The molecule has 0 radical (unpaired) electrons. The van der Waals surface area contributed by atoms with E-state index in [1.54, 1.807) is 36.5 Å². The van der Waals surface area contributed by atoms with Crippen LogP contribution >= 0.6 is 0 Å². The van der Waals surface area contributed by atoms with Crippen molar-refractivity contribution in [2.75, 3.05) is 16.7 Å². The van der Waals surface area contributed by atoms with Gasteiger partial charge in [0.15, 0.2) is 0 Å². The number of nitrogens with zero attached hydrogens (tertiary/aromatic N) is 2. The summed E-state index contributed by atoms with van der Waals surface area (Å²) in [5.74, 6) is -0.397. The molecule has 0 spiro atoms. The van der Waals surface area contributed by atoms with Crippen LogP contribution in [0.5, 0.6) is 0 Å². The lowest BCUT2D eigenvalue weighted by atomic mass is 10.1. The number of anilines is 2. The number of aryl methyl sites for hydroxylation is 1. The summed E-state index contributed by atoms with van der Waals surface area (Å²) in [6.07, 6.45) is 5.52. The van der Waals surface area contributed by atoms with Crippen molar-refractivity contribution in [3.05, 3.63) is 120 Å². The van der Waals surface area contributed by atoms with E-state index >= 15 is 0 Å². The molecule has 1 N–H and O–H groups in total. The number of aromatic nitrogens is 1. The number of sulfonamides is 1. The number of amides is 1. The number of nitrogens with one attached hydrogen (secondary N) is 1. The largest absolute Gasteiger partial charge is 0.322 e. The fourth-order valence-electron chi connectivity index (χ4n) is 3.43. The number of benzene rings is 3. The van der Waals surface area contributed by atoms with Gasteiger partial charge < -0.3 is 5.32 Å². The van der Waals surface area contributed by atoms with E-state index in [1.807, 2.05) is 67.6 Å². The Labute approximate surface area is 205 Å². The topological polar surface area (TPSA) is 79.4 Å². The van der Waals surface area contributed by atoms with Crippen LogP contribution in [0.25, 0.3) is 12.2 Å². The summed E-state index contributed by atoms with van der Waals surface area (Å²) in [4.78, 5) is 17.2. The van der Waals surface area contributed by atoms with Gasteiger partial charge in [0.25, 0.3) is 15.9 Å². The van der Waals surface area contributed by atoms with Crippen molar-refractivity contribution in [2.24, 2.45) is 0 Å². The van der Waals surface area contributed by atoms with Gasteiger partial charge in [-0.3, -0.25) is 14.1 Å². The van der Waals surface area contributed by atoms with Gasteiger partial charge in [0.05, 0.1) is 16.3 Å². The van der Waals surface area contributed by atoms with Crippen molar-refractivity contribution in [1.29, 1.82) is 0 Å². The summed E-state index contributed by atoms with van der Waals surface area (Å²) in [6.45, 7) is 1.94. The molecule has 0 bridgehead atoms. The maximum Gasteiger partial charge on any atom is 0.264 e. The molecule has 0 aliphatic rings. The predicted molar refractivity (Wildman–Crippen MR) is 141 cm³/mol.